The van der Waals surface area contributed by atoms with E-state index < -0.39 is 36.2 Å². The Morgan fingerprint density at radius 2 is 2.35 bits per heavy atom. The molecule has 0 saturated carbocycles. The average Bonchev–Trinajstić information content (AvgIpc) is 2.92. The van der Waals surface area contributed by atoms with Crippen LogP contribution in [0, 0.1) is 0 Å². The Morgan fingerprint density at radius 3 is 3.00 bits per heavy atom. The van der Waals surface area contributed by atoms with E-state index in [1.165, 1.54) is 24.0 Å². The zero-order valence-electron chi connectivity index (χ0n) is 10.6. The molecule has 9 nitrogen and oxygen atoms in total. The first-order chi connectivity index (χ1) is 9.46. The zero-order chi connectivity index (χ0) is 14.5. The number of aliphatic hydroxyl groups is 3. The number of aromatic nitrogens is 4. The Kier molecular flexibility index (Phi) is 2.87. The smallest absolute Gasteiger partial charge is 0.292 e. The van der Waals surface area contributed by atoms with Crippen molar-refractivity contribution in [1.82, 2.24) is 19.7 Å². The normalized spacial score (nSPS) is 33.9. The van der Waals surface area contributed by atoms with Crippen LogP contribution in [-0.2, 0) is 4.74 Å². The third-order valence-electron chi connectivity index (χ3n) is 3.59. The van der Waals surface area contributed by atoms with Gasteiger partial charge in [-0.05, 0) is 6.92 Å². The molecule has 0 bridgehead atoms. The first kappa shape index (κ1) is 13.2. The van der Waals surface area contributed by atoms with E-state index in [4.69, 9.17) is 9.84 Å². The number of hydrogen-bond donors (Lipinski definition) is 4. The monoisotopic (exact) mass is 282 g/mol. The molecule has 4 N–H and O–H groups in total. The first-order valence-electron chi connectivity index (χ1n) is 6.03. The number of aliphatic hydroxyl groups excluding tert-OH is 2. The van der Waals surface area contributed by atoms with E-state index in [0.717, 1.165) is 0 Å². The Bertz CT molecular complexity index is 693. The van der Waals surface area contributed by atoms with Crippen molar-refractivity contribution in [2.45, 2.75) is 31.0 Å². The van der Waals surface area contributed by atoms with E-state index in [9.17, 15) is 15.0 Å². The van der Waals surface area contributed by atoms with Crippen LogP contribution in [0.4, 0.5) is 0 Å². The predicted octanol–water partition coefficient (Wildman–Crippen LogP) is -1.88. The molecule has 108 valence electrons. The zero-order valence-corrected chi connectivity index (χ0v) is 10.6. The molecule has 1 fully saturated rings. The maximum absolute atomic E-state index is 11.6. The number of rotatable bonds is 2. The van der Waals surface area contributed by atoms with Gasteiger partial charge >= 0.3 is 0 Å². The molecule has 0 unspecified atom stereocenters. The third-order valence-corrected chi connectivity index (χ3v) is 3.59. The average molecular weight is 282 g/mol. The number of nitrogens with zero attached hydrogens (tertiary/aromatic N) is 3. The highest BCUT2D eigenvalue weighted by Gasteiger charge is 2.53. The van der Waals surface area contributed by atoms with Gasteiger partial charge in [0.05, 0.1) is 24.6 Å². The molecule has 3 rings (SSSR count). The van der Waals surface area contributed by atoms with E-state index >= 15 is 0 Å². The van der Waals surface area contributed by atoms with Gasteiger partial charge in [0, 0.05) is 0 Å². The minimum atomic E-state index is -1.64. The number of imidazole rings is 1. The third kappa shape index (κ3) is 1.68. The fourth-order valence-electron chi connectivity index (χ4n) is 2.46. The van der Waals surface area contributed by atoms with Gasteiger partial charge in [-0.1, -0.05) is 0 Å². The van der Waals surface area contributed by atoms with Gasteiger partial charge in [-0.2, -0.15) is 5.10 Å². The highest BCUT2D eigenvalue weighted by Crippen LogP contribution is 2.39. The maximum atomic E-state index is 11.6. The highest BCUT2D eigenvalue weighted by atomic mass is 16.6. The lowest BCUT2D eigenvalue weighted by atomic mass is 9.96. The molecule has 4 atom stereocenters. The quantitative estimate of drug-likeness (QED) is 0.506. The second-order valence-electron chi connectivity index (χ2n) is 4.96. The summed E-state index contributed by atoms with van der Waals surface area (Å²) in [5, 5.41) is 35.4. The molecule has 9 heteroatoms. The molecule has 1 aliphatic rings. The molecular weight excluding hydrogens is 268 g/mol. The summed E-state index contributed by atoms with van der Waals surface area (Å²) in [7, 11) is 0. The topological polar surface area (TPSA) is 133 Å². The minimum Gasteiger partial charge on any atom is -0.394 e. The molecule has 3 heterocycles. The van der Waals surface area contributed by atoms with Crippen LogP contribution in [-0.4, -0.2) is 59.5 Å². The molecule has 0 amide bonds. The van der Waals surface area contributed by atoms with Gasteiger partial charge in [-0.3, -0.25) is 9.36 Å². The molecule has 20 heavy (non-hydrogen) atoms. The molecule has 2 aromatic heterocycles. The van der Waals surface area contributed by atoms with E-state index in [1.54, 1.807) is 0 Å². The van der Waals surface area contributed by atoms with Gasteiger partial charge in [-0.25, -0.2) is 10.1 Å². The summed E-state index contributed by atoms with van der Waals surface area (Å²) in [6.07, 6.45) is -0.453. The molecule has 0 spiro atoms. The van der Waals surface area contributed by atoms with Crippen LogP contribution in [0.3, 0.4) is 0 Å². The number of fused-ring (bicyclic) bond motifs is 1. The molecule has 2 aromatic rings. The summed E-state index contributed by atoms with van der Waals surface area (Å²) in [6, 6.07) is 0. The predicted molar refractivity (Wildman–Crippen MR) is 65.8 cm³/mol. The molecular formula is C11H14N4O5. The Labute approximate surface area is 112 Å². The highest BCUT2D eigenvalue weighted by molar-refractivity contribution is 5.72. The van der Waals surface area contributed by atoms with Crippen LogP contribution in [0.1, 0.15) is 13.2 Å². The lowest BCUT2D eigenvalue weighted by Gasteiger charge is -2.27. The molecule has 1 aliphatic heterocycles. The summed E-state index contributed by atoms with van der Waals surface area (Å²) in [5.41, 5.74) is -1.58. The first-order valence-corrected chi connectivity index (χ1v) is 6.03. The van der Waals surface area contributed by atoms with Crippen LogP contribution in [0.25, 0.3) is 11.0 Å². The van der Waals surface area contributed by atoms with Gasteiger partial charge in [-0.15, -0.1) is 0 Å². The van der Waals surface area contributed by atoms with Crippen LogP contribution in [0.5, 0.6) is 0 Å². The molecule has 1 saturated heterocycles. The standard InChI is InChI=1S/C11H14N4O5/c1-11(19)8(17)6(3-16)20-10(11)15-4-12-7-5(15)2-13-14-9(7)18/h2,4,6,8,10,16-17,19H,3H2,1H3,(H,14,18)/t6-,8-,10-,11-/m1/s1. The second-order valence-corrected chi connectivity index (χ2v) is 4.96. The van der Waals surface area contributed by atoms with Crippen molar-refractivity contribution in [3.8, 4) is 0 Å². The van der Waals surface area contributed by atoms with Crippen LogP contribution in [0.2, 0.25) is 0 Å². The number of hydrogen-bond acceptors (Lipinski definition) is 7. The van der Waals surface area contributed by atoms with Gasteiger partial charge < -0.3 is 20.1 Å². The fourth-order valence-corrected chi connectivity index (χ4v) is 2.46. The summed E-state index contributed by atoms with van der Waals surface area (Å²) in [4.78, 5) is 15.5. The van der Waals surface area contributed by atoms with Crippen molar-refractivity contribution in [1.29, 1.82) is 0 Å². The molecule has 0 aromatic carbocycles. The van der Waals surface area contributed by atoms with Gasteiger partial charge in [0.15, 0.2) is 11.7 Å². The second kappa shape index (κ2) is 4.35. The Balaban J connectivity index is 2.12. The summed E-state index contributed by atoms with van der Waals surface area (Å²) < 4.78 is 6.88. The molecule has 0 radical (unpaired) electrons. The summed E-state index contributed by atoms with van der Waals surface area (Å²) >= 11 is 0. The van der Waals surface area contributed by atoms with Crippen molar-refractivity contribution in [3.05, 3.63) is 22.9 Å². The Morgan fingerprint density at radius 1 is 1.60 bits per heavy atom. The lowest BCUT2D eigenvalue weighted by molar-refractivity contribution is -0.0948. The number of ether oxygens (including phenoxy) is 1. The Hall–Kier alpha value is -1.81. The maximum Gasteiger partial charge on any atom is 0.292 e. The fraction of sp³-hybridized carbons (Fsp3) is 0.545. The van der Waals surface area contributed by atoms with Gasteiger partial charge in [0.1, 0.15) is 17.8 Å². The molecule has 0 aliphatic carbocycles. The number of aromatic amines is 1. The van der Waals surface area contributed by atoms with E-state index in [0.29, 0.717) is 5.52 Å². The van der Waals surface area contributed by atoms with Crippen molar-refractivity contribution in [3.63, 3.8) is 0 Å². The van der Waals surface area contributed by atoms with Crippen LogP contribution < -0.4 is 5.56 Å². The summed E-state index contributed by atoms with van der Waals surface area (Å²) in [5.74, 6) is 0. The van der Waals surface area contributed by atoms with Crippen molar-refractivity contribution in [2.75, 3.05) is 6.61 Å². The van der Waals surface area contributed by atoms with Crippen LogP contribution in [0.15, 0.2) is 17.3 Å². The largest absolute Gasteiger partial charge is 0.394 e. The van der Waals surface area contributed by atoms with Crippen LogP contribution >= 0.6 is 0 Å². The van der Waals surface area contributed by atoms with Crippen molar-refractivity contribution < 1.29 is 20.1 Å². The van der Waals surface area contributed by atoms with E-state index in [1.807, 2.05) is 0 Å². The number of nitrogens with one attached hydrogen (secondary N) is 1. The van der Waals surface area contributed by atoms with E-state index in [2.05, 4.69) is 15.2 Å². The van der Waals surface area contributed by atoms with Crippen molar-refractivity contribution in [2.24, 2.45) is 0 Å². The van der Waals surface area contributed by atoms with Gasteiger partial charge in [0.25, 0.3) is 5.56 Å². The van der Waals surface area contributed by atoms with Gasteiger partial charge in [0.2, 0.25) is 0 Å². The minimum absolute atomic E-state index is 0.154. The number of H-pyrrole nitrogens is 1. The van der Waals surface area contributed by atoms with E-state index in [-0.39, 0.29) is 5.52 Å². The van der Waals surface area contributed by atoms with Crippen molar-refractivity contribution >= 4 is 11.0 Å². The summed E-state index contributed by atoms with van der Waals surface area (Å²) in [6.45, 7) is 0.962. The SMILES string of the molecule is C[C@@]1(O)[C@H](O)[C@@H](CO)O[C@H]1n1cnc2c(=O)[nH]ncc21. The lowest BCUT2D eigenvalue weighted by Crippen LogP contribution is -2.44.